The second kappa shape index (κ2) is 7.31. The van der Waals surface area contributed by atoms with Crippen LogP contribution < -0.4 is 10.2 Å². The maximum Gasteiger partial charge on any atom is 0.259 e. The van der Waals surface area contributed by atoms with Gasteiger partial charge in [0.05, 0.1) is 17.7 Å². The minimum atomic E-state index is -0.226. The molecule has 0 saturated carbocycles. The molecule has 0 radical (unpaired) electrons. The average molecular weight is 370 g/mol. The van der Waals surface area contributed by atoms with Crippen molar-refractivity contribution in [2.45, 2.75) is 26.9 Å². The predicted molar refractivity (Wildman–Crippen MR) is 110 cm³/mol. The van der Waals surface area contributed by atoms with E-state index < -0.39 is 0 Å². The van der Waals surface area contributed by atoms with Gasteiger partial charge in [-0.05, 0) is 54.3 Å². The van der Waals surface area contributed by atoms with Crippen molar-refractivity contribution >= 4 is 17.5 Å². The third kappa shape index (κ3) is 3.41. The molecule has 1 aliphatic rings. The minimum absolute atomic E-state index is 0.120. The minimum Gasteiger partial charge on any atom is -0.348 e. The van der Waals surface area contributed by atoms with Crippen molar-refractivity contribution in [3.63, 3.8) is 0 Å². The molecule has 0 unspecified atom stereocenters. The van der Waals surface area contributed by atoms with Gasteiger partial charge in [-0.25, -0.2) is 0 Å². The summed E-state index contributed by atoms with van der Waals surface area (Å²) in [6, 6.07) is 21.3. The quantitative estimate of drug-likeness (QED) is 0.740. The van der Waals surface area contributed by atoms with Gasteiger partial charge >= 0.3 is 0 Å². The molecule has 0 bridgehead atoms. The standard InChI is InChI=1S/C24H22N2O2/c1-16-11-17(2)13-20(12-16)26-15-19-9-6-10-21(22(19)24(26)28)23(27)25-14-18-7-4-3-5-8-18/h3-13H,14-15H2,1-2H3,(H,25,27). The van der Waals surface area contributed by atoms with Gasteiger partial charge in [-0.15, -0.1) is 0 Å². The van der Waals surface area contributed by atoms with Crippen LogP contribution in [0.1, 0.15) is 43.0 Å². The fourth-order valence-corrected chi connectivity index (χ4v) is 3.74. The topological polar surface area (TPSA) is 49.4 Å². The van der Waals surface area contributed by atoms with Crippen molar-refractivity contribution in [3.05, 3.63) is 100 Å². The van der Waals surface area contributed by atoms with Crippen LogP contribution in [0.3, 0.4) is 0 Å². The maximum absolute atomic E-state index is 13.2. The van der Waals surface area contributed by atoms with Gasteiger partial charge in [0.15, 0.2) is 0 Å². The molecule has 4 nitrogen and oxygen atoms in total. The Morgan fingerprint density at radius 3 is 2.39 bits per heavy atom. The summed E-state index contributed by atoms with van der Waals surface area (Å²) >= 11 is 0. The molecule has 1 N–H and O–H groups in total. The van der Waals surface area contributed by atoms with Crippen LogP contribution in [0.5, 0.6) is 0 Å². The Bertz CT molecular complexity index is 1040. The number of carbonyl (C=O) groups is 2. The van der Waals surface area contributed by atoms with Crippen LogP contribution in [0.4, 0.5) is 5.69 Å². The Hall–Kier alpha value is -3.40. The molecule has 28 heavy (non-hydrogen) atoms. The number of aryl methyl sites for hydroxylation is 2. The maximum atomic E-state index is 13.2. The van der Waals surface area contributed by atoms with E-state index in [4.69, 9.17) is 0 Å². The zero-order chi connectivity index (χ0) is 19.7. The SMILES string of the molecule is Cc1cc(C)cc(N2Cc3cccc(C(=O)NCc4ccccc4)c3C2=O)c1. The molecule has 4 heteroatoms. The second-order valence-corrected chi connectivity index (χ2v) is 7.25. The Morgan fingerprint density at radius 2 is 1.68 bits per heavy atom. The van der Waals surface area contributed by atoms with E-state index in [0.717, 1.165) is 27.9 Å². The molecule has 140 valence electrons. The fourth-order valence-electron chi connectivity index (χ4n) is 3.74. The van der Waals surface area contributed by atoms with Crippen molar-refractivity contribution < 1.29 is 9.59 Å². The molecule has 2 amide bonds. The lowest BCUT2D eigenvalue weighted by Gasteiger charge is -2.17. The van der Waals surface area contributed by atoms with Crippen molar-refractivity contribution in [1.82, 2.24) is 5.32 Å². The molecule has 0 saturated heterocycles. The molecule has 4 rings (SSSR count). The van der Waals surface area contributed by atoms with Crippen molar-refractivity contribution in [2.75, 3.05) is 4.90 Å². The third-order valence-corrected chi connectivity index (χ3v) is 5.00. The number of fused-ring (bicyclic) bond motifs is 1. The zero-order valence-corrected chi connectivity index (χ0v) is 16.0. The summed E-state index contributed by atoms with van der Waals surface area (Å²) in [6.45, 7) is 4.95. The number of nitrogens with zero attached hydrogens (tertiary/aromatic N) is 1. The number of amides is 2. The van der Waals surface area contributed by atoms with E-state index in [1.54, 1.807) is 11.0 Å². The molecule has 0 fully saturated rings. The molecule has 0 aliphatic carbocycles. The molecule has 3 aromatic rings. The largest absolute Gasteiger partial charge is 0.348 e. The van der Waals surface area contributed by atoms with E-state index in [1.807, 2.05) is 68.4 Å². The number of carbonyl (C=O) groups excluding carboxylic acids is 2. The number of hydrogen-bond donors (Lipinski definition) is 1. The van der Waals surface area contributed by atoms with Gasteiger partial charge in [0.25, 0.3) is 11.8 Å². The number of hydrogen-bond acceptors (Lipinski definition) is 2. The molecule has 0 spiro atoms. The van der Waals surface area contributed by atoms with Crippen LogP contribution in [0.2, 0.25) is 0 Å². The molecule has 1 heterocycles. The summed E-state index contributed by atoms with van der Waals surface area (Å²) in [5.41, 5.74) is 5.94. The molecule has 1 aliphatic heterocycles. The van der Waals surface area contributed by atoms with Gasteiger partial charge in [0, 0.05) is 12.2 Å². The Kier molecular flexibility index (Phi) is 4.70. The molecule has 0 atom stereocenters. The van der Waals surface area contributed by atoms with Gasteiger partial charge in [0.1, 0.15) is 0 Å². The lowest BCUT2D eigenvalue weighted by molar-refractivity contribution is 0.0934. The first-order chi connectivity index (χ1) is 13.5. The van der Waals surface area contributed by atoms with E-state index in [9.17, 15) is 9.59 Å². The van der Waals surface area contributed by atoms with E-state index in [2.05, 4.69) is 11.4 Å². The summed E-state index contributed by atoms with van der Waals surface area (Å²) in [5, 5.41) is 2.93. The Morgan fingerprint density at radius 1 is 0.964 bits per heavy atom. The predicted octanol–water partition coefficient (Wildman–Crippen LogP) is 4.39. The van der Waals surface area contributed by atoms with Gasteiger partial charge in [-0.1, -0.05) is 48.5 Å². The van der Waals surface area contributed by atoms with E-state index in [-0.39, 0.29) is 11.8 Å². The monoisotopic (exact) mass is 370 g/mol. The van der Waals surface area contributed by atoms with Crippen LogP contribution >= 0.6 is 0 Å². The number of rotatable bonds is 4. The van der Waals surface area contributed by atoms with Crippen LogP contribution in [0, 0.1) is 13.8 Å². The van der Waals surface area contributed by atoms with Crippen LogP contribution in [-0.2, 0) is 13.1 Å². The summed E-state index contributed by atoms with van der Waals surface area (Å²) in [7, 11) is 0. The summed E-state index contributed by atoms with van der Waals surface area (Å²) in [4.78, 5) is 27.7. The lowest BCUT2D eigenvalue weighted by atomic mass is 10.0. The van der Waals surface area contributed by atoms with E-state index >= 15 is 0 Å². The summed E-state index contributed by atoms with van der Waals surface area (Å²) < 4.78 is 0. The third-order valence-electron chi connectivity index (χ3n) is 5.00. The van der Waals surface area contributed by atoms with Crippen LogP contribution in [0.25, 0.3) is 0 Å². The van der Waals surface area contributed by atoms with Gasteiger partial charge in [-0.2, -0.15) is 0 Å². The van der Waals surface area contributed by atoms with Crippen LogP contribution in [0.15, 0.2) is 66.7 Å². The lowest BCUT2D eigenvalue weighted by Crippen LogP contribution is -2.27. The smallest absolute Gasteiger partial charge is 0.259 e. The second-order valence-electron chi connectivity index (χ2n) is 7.25. The number of anilines is 1. The summed E-state index contributed by atoms with van der Waals surface area (Å²) in [6.07, 6.45) is 0. The highest BCUT2D eigenvalue weighted by molar-refractivity contribution is 6.16. The molecule has 3 aromatic carbocycles. The summed E-state index contributed by atoms with van der Waals surface area (Å²) in [5.74, 6) is -0.346. The fraction of sp³-hybridized carbons (Fsp3) is 0.167. The first-order valence-corrected chi connectivity index (χ1v) is 9.37. The highest BCUT2D eigenvalue weighted by Gasteiger charge is 2.32. The molecule has 0 aromatic heterocycles. The van der Waals surface area contributed by atoms with E-state index in [0.29, 0.717) is 24.2 Å². The van der Waals surface area contributed by atoms with Gasteiger partial charge in [-0.3, -0.25) is 9.59 Å². The van der Waals surface area contributed by atoms with Crippen molar-refractivity contribution in [3.8, 4) is 0 Å². The molecular weight excluding hydrogens is 348 g/mol. The van der Waals surface area contributed by atoms with E-state index in [1.165, 1.54) is 0 Å². The van der Waals surface area contributed by atoms with Gasteiger partial charge < -0.3 is 10.2 Å². The normalized spacial score (nSPS) is 12.8. The first-order valence-electron chi connectivity index (χ1n) is 9.37. The van der Waals surface area contributed by atoms with Crippen LogP contribution in [-0.4, -0.2) is 11.8 Å². The average Bonchev–Trinajstić information content (AvgIpc) is 3.03. The van der Waals surface area contributed by atoms with Gasteiger partial charge in [0.2, 0.25) is 0 Å². The Labute approximate surface area is 164 Å². The first kappa shape index (κ1) is 18.0. The number of benzene rings is 3. The Balaban J connectivity index is 1.60. The zero-order valence-electron chi connectivity index (χ0n) is 16.0. The number of nitrogens with one attached hydrogen (secondary N) is 1. The molecular formula is C24H22N2O2. The van der Waals surface area contributed by atoms with Crippen molar-refractivity contribution in [1.29, 1.82) is 0 Å². The highest BCUT2D eigenvalue weighted by Crippen LogP contribution is 2.31. The highest BCUT2D eigenvalue weighted by atomic mass is 16.2. The van der Waals surface area contributed by atoms with Crippen molar-refractivity contribution in [2.24, 2.45) is 0 Å².